The minimum absolute atomic E-state index is 0.0714. The molecule has 10 heteroatoms. The highest BCUT2D eigenvalue weighted by atomic mass is 19.3. The predicted molar refractivity (Wildman–Crippen MR) is 150 cm³/mol. The Hall–Kier alpha value is -4.49. The van der Waals surface area contributed by atoms with Crippen molar-refractivity contribution < 1.29 is 32.6 Å². The van der Waals surface area contributed by atoms with Gasteiger partial charge in [0, 0.05) is 17.7 Å². The lowest BCUT2D eigenvalue weighted by atomic mass is 9.94. The second kappa shape index (κ2) is 12.4. The number of alkyl halides is 2. The molecule has 0 unspecified atom stereocenters. The van der Waals surface area contributed by atoms with Gasteiger partial charge in [-0.2, -0.15) is 0 Å². The van der Waals surface area contributed by atoms with Crippen LogP contribution in [-0.2, 0) is 14.9 Å². The van der Waals surface area contributed by atoms with Crippen molar-refractivity contribution in [1.29, 1.82) is 0 Å². The van der Waals surface area contributed by atoms with Crippen LogP contribution in [0.15, 0.2) is 54.6 Å². The minimum Gasteiger partial charge on any atom is -0.395 e. The lowest BCUT2D eigenvalue weighted by molar-refractivity contribution is -0.286. The zero-order valence-corrected chi connectivity index (χ0v) is 23.1. The summed E-state index contributed by atoms with van der Waals surface area (Å²) in [4.78, 5) is 30.5. The molecule has 2 N–H and O–H groups in total. The molecule has 1 aromatic heterocycles. The van der Waals surface area contributed by atoms with Gasteiger partial charge in [0.05, 0.1) is 17.7 Å². The number of fused-ring (bicyclic) bond motifs is 1. The molecule has 0 bridgehead atoms. The van der Waals surface area contributed by atoms with Gasteiger partial charge in [-0.25, -0.2) is 4.98 Å². The Bertz CT molecular complexity index is 1480. The SMILES string of the molecule is C#CCOCCNC(=O)c1cccc(-c2nc(NC(=O)C3(c4ccc5c(c4)OC(F)(F)O5)CC3)ccc2C)c1.CC. The highest BCUT2D eigenvalue weighted by Crippen LogP contribution is 2.52. The number of anilines is 1. The smallest absolute Gasteiger partial charge is 0.395 e. The number of nitrogens with one attached hydrogen (secondary N) is 2. The van der Waals surface area contributed by atoms with Gasteiger partial charge in [-0.1, -0.05) is 44.0 Å². The van der Waals surface area contributed by atoms with Gasteiger partial charge < -0.3 is 24.8 Å². The van der Waals surface area contributed by atoms with Gasteiger partial charge in [-0.05, 0) is 61.2 Å². The molecule has 1 fully saturated rings. The number of hydrogen-bond donors (Lipinski definition) is 2. The summed E-state index contributed by atoms with van der Waals surface area (Å²) in [6.45, 7) is 6.68. The Morgan fingerprint density at radius 3 is 2.56 bits per heavy atom. The highest BCUT2D eigenvalue weighted by molar-refractivity contribution is 6.01. The average molecular weight is 564 g/mol. The standard InChI is InChI=1S/C29H25F2N3O5.C2H6/c1-3-14-37-15-13-32-26(35)20-6-4-5-19(16-20)25-18(2)7-10-24(33-25)34-27(36)28(11-12-28)21-8-9-22-23(17-21)39-29(30,31)38-22;1-2/h1,4-10,16-17H,11-15H2,2H3,(H,32,35)(H,33,34,36);1-2H3. The number of ether oxygens (including phenoxy) is 3. The lowest BCUT2D eigenvalue weighted by Crippen LogP contribution is -2.28. The van der Waals surface area contributed by atoms with E-state index in [9.17, 15) is 18.4 Å². The summed E-state index contributed by atoms with van der Waals surface area (Å²) in [5.41, 5.74) is 2.31. The summed E-state index contributed by atoms with van der Waals surface area (Å²) >= 11 is 0. The minimum atomic E-state index is -3.73. The van der Waals surface area contributed by atoms with E-state index in [0.29, 0.717) is 54.2 Å². The van der Waals surface area contributed by atoms with Crippen LogP contribution < -0.4 is 20.1 Å². The molecule has 3 aromatic rings. The van der Waals surface area contributed by atoms with Gasteiger partial charge in [-0.15, -0.1) is 15.2 Å². The molecule has 0 spiro atoms. The van der Waals surface area contributed by atoms with E-state index < -0.39 is 11.7 Å². The first kappa shape index (κ1) is 29.5. The second-order valence-electron chi connectivity index (χ2n) is 9.32. The first-order valence-corrected chi connectivity index (χ1v) is 13.3. The van der Waals surface area contributed by atoms with E-state index in [1.807, 2.05) is 32.9 Å². The Kier molecular flexibility index (Phi) is 8.89. The second-order valence-corrected chi connectivity index (χ2v) is 9.32. The zero-order chi connectivity index (χ0) is 29.6. The van der Waals surface area contributed by atoms with Gasteiger partial charge in [-0.3, -0.25) is 9.59 Å². The molecule has 1 saturated carbocycles. The van der Waals surface area contributed by atoms with E-state index in [1.165, 1.54) is 12.1 Å². The summed E-state index contributed by atoms with van der Waals surface area (Å²) in [5, 5.41) is 5.65. The number of terminal acetylenes is 1. The Morgan fingerprint density at radius 2 is 1.83 bits per heavy atom. The number of carbonyl (C=O) groups is 2. The van der Waals surface area contributed by atoms with E-state index in [1.54, 1.807) is 30.3 Å². The largest absolute Gasteiger partial charge is 0.586 e. The van der Waals surface area contributed by atoms with Crippen molar-refractivity contribution in [1.82, 2.24) is 10.3 Å². The number of aryl methyl sites for hydroxylation is 1. The summed E-state index contributed by atoms with van der Waals surface area (Å²) in [6, 6.07) is 14.9. The maximum absolute atomic E-state index is 13.4. The van der Waals surface area contributed by atoms with E-state index >= 15 is 0 Å². The van der Waals surface area contributed by atoms with Gasteiger partial charge >= 0.3 is 6.29 Å². The van der Waals surface area contributed by atoms with E-state index in [2.05, 4.69) is 31.0 Å². The Balaban J connectivity index is 0.00000189. The molecule has 5 rings (SSSR count). The van der Waals surface area contributed by atoms with Crippen molar-refractivity contribution in [2.75, 3.05) is 25.1 Å². The third-order valence-electron chi connectivity index (χ3n) is 6.59. The van der Waals surface area contributed by atoms with Crippen LogP contribution in [0, 0.1) is 19.3 Å². The van der Waals surface area contributed by atoms with Crippen LogP contribution in [0.2, 0.25) is 0 Å². The normalized spacial score (nSPS) is 15.1. The molecular formula is C31H31F2N3O5. The first-order chi connectivity index (χ1) is 19.7. The third-order valence-corrected chi connectivity index (χ3v) is 6.59. The topological polar surface area (TPSA) is 98.8 Å². The number of hydrogen-bond acceptors (Lipinski definition) is 6. The molecule has 0 radical (unpaired) electrons. The maximum Gasteiger partial charge on any atom is 0.586 e. The number of benzene rings is 2. The van der Waals surface area contributed by atoms with Gasteiger partial charge in [0.15, 0.2) is 11.5 Å². The maximum atomic E-state index is 13.4. The molecule has 2 aromatic carbocycles. The van der Waals surface area contributed by atoms with Crippen LogP contribution in [0.4, 0.5) is 14.6 Å². The van der Waals surface area contributed by atoms with Crippen molar-refractivity contribution in [3.8, 4) is 35.1 Å². The predicted octanol–water partition coefficient (Wildman–Crippen LogP) is 5.45. The van der Waals surface area contributed by atoms with Crippen molar-refractivity contribution in [3.05, 3.63) is 71.3 Å². The Morgan fingerprint density at radius 1 is 1.07 bits per heavy atom. The fourth-order valence-corrected chi connectivity index (χ4v) is 4.42. The number of carbonyl (C=O) groups excluding carboxylic acids is 2. The number of rotatable bonds is 9. The van der Waals surface area contributed by atoms with Crippen LogP contribution in [0.3, 0.4) is 0 Å². The molecule has 1 aliphatic heterocycles. The van der Waals surface area contributed by atoms with Crippen LogP contribution in [0.5, 0.6) is 11.5 Å². The van der Waals surface area contributed by atoms with Crippen molar-refractivity contribution in [3.63, 3.8) is 0 Å². The number of amides is 2. The molecule has 8 nitrogen and oxygen atoms in total. The number of pyridine rings is 1. The van der Waals surface area contributed by atoms with Crippen LogP contribution in [0.1, 0.15) is 48.2 Å². The molecule has 2 heterocycles. The zero-order valence-electron chi connectivity index (χ0n) is 23.1. The van der Waals surface area contributed by atoms with Crippen molar-refractivity contribution in [2.24, 2.45) is 0 Å². The number of halogens is 2. The third kappa shape index (κ3) is 6.64. The summed E-state index contributed by atoms with van der Waals surface area (Å²) < 4.78 is 41.1. The first-order valence-electron chi connectivity index (χ1n) is 13.3. The summed E-state index contributed by atoms with van der Waals surface area (Å²) in [5.74, 6) is 1.97. The van der Waals surface area contributed by atoms with Crippen molar-refractivity contribution >= 4 is 17.6 Å². The van der Waals surface area contributed by atoms with Gasteiger partial charge in [0.2, 0.25) is 5.91 Å². The molecule has 214 valence electrons. The fourth-order valence-electron chi connectivity index (χ4n) is 4.42. The number of nitrogens with zero attached hydrogens (tertiary/aromatic N) is 1. The molecule has 2 amide bonds. The number of aromatic nitrogens is 1. The van der Waals surface area contributed by atoms with Crippen LogP contribution >= 0.6 is 0 Å². The molecule has 0 atom stereocenters. The molecule has 41 heavy (non-hydrogen) atoms. The quantitative estimate of drug-likeness (QED) is 0.265. The van der Waals surface area contributed by atoms with Crippen molar-refractivity contribution in [2.45, 2.75) is 45.3 Å². The van der Waals surface area contributed by atoms with E-state index in [4.69, 9.17) is 11.2 Å². The summed E-state index contributed by atoms with van der Waals surface area (Å²) in [6.07, 6.45) is 2.52. The monoisotopic (exact) mass is 563 g/mol. The van der Waals surface area contributed by atoms with Crippen LogP contribution in [0.25, 0.3) is 11.3 Å². The van der Waals surface area contributed by atoms with Gasteiger partial charge in [0.1, 0.15) is 12.4 Å². The van der Waals surface area contributed by atoms with Gasteiger partial charge in [0.25, 0.3) is 5.91 Å². The molecule has 2 aliphatic rings. The Labute approximate surface area is 237 Å². The average Bonchev–Trinajstić information content (AvgIpc) is 3.72. The molecular weight excluding hydrogens is 532 g/mol. The molecule has 1 aliphatic carbocycles. The fraction of sp³-hybridized carbons (Fsp3) is 0.323. The van der Waals surface area contributed by atoms with E-state index in [0.717, 1.165) is 5.56 Å². The van der Waals surface area contributed by atoms with E-state index in [-0.39, 0.29) is 29.9 Å². The molecule has 0 saturated heterocycles. The lowest BCUT2D eigenvalue weighted by Gasteiger charge is -2.17. The highest BCUT2D eigenvalue weighted by Gasteiger charge is 2.53. The summed E-state index contributed by atoms with van der Waals surface area (Å²) in [7, 11) is 0. The van der Waals surface area contributed by atoms with Crippen LogP contribution in [-0.4, -0.2) is 42.9 Å².